The highest BCUT2D eigenvalue weighted by atomic mass is 15.2. The van der Waals surface area contributed by atoms with E-state index in [0.717, 1.165) is 11.4 Å². The molecule has 3 heteroatoms. The van der Waals surface area contributed by atoms with Crippen LogP contribution in [0.1, 0.15) is 51.2 Å². The Morgan fingerprint density at radius 2 is 0.964 bits per heavy atom. The number of anilines is 3. The molecule has 1 aliphatic carbocycles. The Bertz CT molecular complexity index is 2720. The summed E-state index contributed by atoms with van der Waals surface area (Å²) < 4.78 is 0. The highest BCUT2D eigenvalue weighted by molar-refractivity contribution is 5.96. The van der Waals surface area contributed by atoms with Gasteiger partial charge in [-0.05, 0) is 104 Å². The zero-order valence-electron chi connectivity index (χ0n) is 30.8. The van der Waals surface area contributed by atoms with E-state index in [1.54, 1.807) is 0 Å². The van der Waals surface area contributed by atoms with Gasteiger partial charge < -0.3 is 10.2 Å². The molecular formula is C53H39N3. The summed E-state index contributed by atoms with van der Waals surface area (Å²) >= 11 is 0. The van der Waals surface area contributed by atoms with Gasteiger partial charge in [0.15, 0.2) is 0 Å². The van der Waals surface area contributed by atoms with Crippen LogP contribution >= 0.6 is 0 Å². The van der Waals surface area contributed by atoms with Gasteiger partial charge in [0.05, 0.1) is 22.8 Å². The molecule has 0 bridgehead atoms. The Morgan fingerprint density at radius 1 is 0.411 bits per heavy atom. The maximum absolute atomic E-state index is 3.91. The third kappa shape index (κ3) is 5.02. The Balaban J connectivity index is 1.06. The second kappa shape index (κ2) is 13.1. The van der Waals surface area contributed by atoms with Crippen molar-refractivity contribution in [3.8, 4) is 22.3 Å². The van der Waals surface area contributed by atoms with Gasteiger partial charge in [0.2, 0.25) is 0 Å². The zero-order chi connectivity index (χ0) is 37.1. The summed E-state index contributed by atoms with van der Waals surface area (Å²) in [4.78, 5) is 2.44. The molecule has 2 unspecified atom stereocenters. The molecule has 0 saturated heterocycles. The van der Waals surface area contributed by atoms with Crippen LogP contribution in [0.25, 0.3) is 28.0 Å². The molecule has 3 nitrogen and oxygen atoms in total. The first-order valence-electron chi connectivity index (χ1n) is 19.5. The molecule has 2 N–H and O–H groups in total. The fourth-order valence-corrected chi connectivity index (χ4v) is 9.51. The number of nitrogens with zero attached hydrogens (tertiary/aromatic N) is 1. The average Bonchev–Trinajstić information content (AvgIpc) is 3.57. The van der Waals surface area contributed by atoms with Crippen molar-refractivity contribution < 1.29 is 0 Å². The van der Waals surface area contributed by atoms with Crippen molar-refractivity contribution in [2.24, 2.45) is 0 Å². The number of nitrogens with one attached hydrogen (secondary N) is 2. The summed E-state index contributed by atoms with van der Waals surface area (Å²) in [6.07, 6.45) is 2.22. The van der Waals surface area contributed by atoms with Crippen molar-refractivity contribution in [3.05, 3.63) is 251 Å². The number of fused-ring (bicyclic) bond motifs is 9. The molecule has 3 aliphatic rings. The van der Waals surface area contributed by atoms with Gasteiger partial charge in [-0.1, -0.05) is 170 Å². The molecule has 8 aromatic carbocycles. The third-order valence-electron chi connectivity index (χ3n) is 11.9. The van der Waals surface area contributed by atoms with Crippen molar-refractivity contribution in [1.29, 1.82) is 0 Å². The molecule has 8 aromatic rings. The van der Waals surface area contributed by atoms with E-state index in [-0.39, 0.29) is 12.2 Å². The molecular weight excluding hydrogens is 679 g/mol. The molecule has 0 fully saturated rings. The minimum Gasteiger partial charge on any atom is -0.366 e. The minimum atomic E-state index is -0.497. The molecule has 0 aromatic heterocycles. The second-order valence-corrected chi connectivity index (χ2v) is 15.0. The van der Waals surface area contributed by atoms with Crippen LogP contribution in [0.4, 0.5) is 17.1 Å². The summed E-state index contributed by atoms with van der Waals surface area (Å²) in [6, 6.07) is 75.5. The number of hydrogen-bond donors (Lipinski definition) is 2. The van der Waals surface area contributed by atoms with Gasteiger partial charge in [-0.25, -0.2) is 0 Å². The summed E-state index contributed by atoms with van der Waals surface area (Å²) in [5.74, 6) is 0. The second-order valence-electron chi connectivity index (χ2n) is 15.0. The van der Waals surface area contributed by atoms with E-state index >= 15 is 0 Å². The van der Waals surface area contributed by atoms with Crippen molar-refractivity contribution in [3.63, 3.8) is 0 Å². The average molecular weight is 718 g/mol. The van der Waals surface area contributed by atoms with Crippen LogP contribution in [-0.2, 0) is 5.41 Å². The van der Waals surface area contributed by atoms with Gasteiger partial charge in [-0.3, -0.25) is 5.32 Å². The Morgan fingerprint density at radius 3 is 1.70 bits per heavy atom. The van der Waals surface area contributed by atoms with Crippen molar-refractivity contribution in [2.45, 2.75) is 17.6 Å². The molecule has 0 amide bonds. The van der Waals surface area contributed by atoms with Crippen molar-refractivity contribution in [1.82, 2.24) is 10.6 Å². The van der Waals surface area contributed by atoms with E-state index in [9.17, 15) is 0 Å². The molecule has 2 aliphatic heterocycles. The smallest absolute Gasteiger partial charge is 0.104 e. The van der Waals surface area contributed by atoms with E-state index in [0.29, 0.717) is 0 Å². The summed E-state index contributed by atoms with van der Waals surface area (Å²) in [5, 5.41) is 7.76. The van der Waals surface area contributed by atoms with Crippen LogP contribution in [0.2, 0.25) is 0 Å². The maximum Gasteiger partial charge on any atom is 0.104 e. The summed E-state index contributed by atoms with van der Waals surface area (Å²) in [6.45, 7) is 0. The van der Waals surface area contributed by atoms with Gasteiger partial charge in [-0.2, -0.15) is 0 Å². The molecule has 2 heterocycles. The van der Waals surface area contributed by atoms with Crippen LogP contribution in [0.5, 0.6) is 0 Å². The lowest BCUT2D eigenvalue weighted by Crippen LogP contribution is -2.39. The van der Waals surface area contributed by atoms with E-state index in [1.165, 1.54) is 72.6 Å². The highest BCUT2D eigenvalue weighted by Gasteiger charge is 2.51. The van der Waals surface area contributed by atoms with Crippen LogP contribution < -0.4 is 15.5 Å². The summed E-state index contributed by atoms with van der Waals surface area (Å²) in [5.41, 5.74) is 18.0. The van der Waals surface area contributed by atoms with E-state index in [4.69, 9.17) is 0 Å². The Hall–Kier alpha value is -6.94. The molecule has 1 spiro atoms. The van der Waals surface area contributed by atoms with Crippen LogP contribution in [0.15, 0.2) is 212 Å². The van der Waals surface area contributed by atoms with E-state index in [2.05, 4.69) is 228 Å². The van der Waals surface area contributed by atoms with Crippen molar-refractivity contribution >= 4 is 22.8 Å². The van der Waals surface area contributed by atoms with E-state index < -0.39 is 5.41 Å². The molecule has 11 rings (SSSR count). The number of para-hydroxylation sites is 3. The largest absolute Gasteiger partial charge is 0.366 e. The molecule has 56 heavy (non-hydrogen) atoms. The maximum atomic E-state index is 3.91. The quantitative estimate of drug-likeness (QED) is 0.186. The Labute approximate surface area is 328 Å². The Kier molecular flexibility index (Phi) is 7.61. The predicted molar refractivity (Wildman–Crippen MR) is 230 cm³/mol. The van der Waals surface area contributed by atoms with Gasteiger partial charge in [0.25, 0.3) is 0 Å². The molecule has 2 atom stereocenters. The molecule has 0 saturated carbocycles. The SMILES string of the molecule is C1=C(c2ccccc2)NC(c2cccc(-c3ccc4c(c3)C3(c5ccccc5-4)c4ccccc4N(c4ccccc4)c4ccccc43)c2)NC1c1ccccc1. The van der Waals surface area contributed by atoms with Crippen molar-refractivity contribution in [2.75, 3.05) is 4.90 Å². The van der Waals surface area contributed by atoms with Gasteiger partial charge in [-0.15, -0.1) is 0 Å². The lowest BCUT2D eigenvalue weighted by atomic mass is 9.64. The lowest BCUT2D eigenvalue weighted by molar-refractivity contribution is 0.443. The number of benzene rings is 8. The fraction of sp³-hybridized carbons (Fsp3) is 0.0566. The fourth-order valence-electron chi connectivity index (χ4n) is 9.51. The van der Waals surface area contributed by atoms with Gasteiger partial charge in [0.1, 0.15) is 6.17 Å². The van der Waals surface area contributed by atoms with Crippen LogP contribution in [0.3, 0.4) is 0 Å². The first-order valence-corrected chi connectivity index (χ1v) is 19.5. The molecule has 266 valence electrons. The standard InChI is InChI=1S/C53H39N3/c1-4-17-36(18-5-1)48-35-49(37-19-6-2-7-20-37)55-52(54-48)40-22-16-21-38(33-40)39-31-32-43-42-25-10-11-26-44(42)53(47(43)34-39)45-27-12-14-29-50(45)56(41-23-8-3-9-24-41)51-30-15-13-28-46(51)53/h1-35,48,52,54-55H. The third-order valence-corrected chi connectivity index (χ3v) is 11.9. The van der Waals surface area contributed by atoms with Crippen LogP contribution in [-0.4, -0.2) is 0 Å². The van der Waals surface area contributed by atoms with Gasteiger partial charge in [0, 0.05) is 11.4 Å². The summed E-state index contributed by atoms with van der Waals surface area (Å²) in [7, 11) is 0. The monoisotopic (exact) mass is 717 g/mol. The van der Waals surface area contributed by atoms with E-state index in [1.807, 2.05) is 0 Å². The minimum absolute atomic E-state index is 0.0570. The topological polar surface area (TPSA) is 27.3 Å². The lowest BCUT2D eigenvalue weighted by Gasteiger charge is -2.45. The predicted octanol–water partition coefficient (Wildman–Crippen LogP) is 12.5. The number of hydrogen-bond acceptors (Lipinski definition) is 3. The molecule has 0 radical (unpaired) electrons. The van der Waals surface area contributed by atoms with Gasteiger partial charge >= 0.3 is 0 Å². The first-order chi connectivity index (χ1) is 27.8. The first kappa shape index (κ1) is 32.5. The zero-order valence-corrected chi connectivity index (χ0v) is 30.8. The normalized spacial score (nSPS) is 17.2. The van der Waals surface area contributed by atoms with Crippen LogP contribution in [0, 0.1) is 0 Å². The number of rotatable bonds is 5. The highest BCUT2D eigenvalue weighted by Crippen LogP contribution is 2.63.